The number of hydrogen-bond donors (Lipinski definition) is 2. The predicted octanol–water partition coefficient (Wildman–Crippen LogP) is 1.40. The van der Waals surface area contributed by atoms with E-state index in [2.05, 4.69) is 5.32 Å². The number of ketones is 1. The fraction of sp³-hybridized carbons (Fsp3) is 0.273. The second kappa shape index (κ2) is 6.25. The van der Waals surface area contributed by atoms with Crippen LogP contribution in [0.2, 0.25) is 0 Å². The smallest absolute Gasteiger partial charge is 0.225 e. The Labute approximate surface area is 98.8 Å². The van der Waals surface area contributed by atoms with Gasteiger partial charge in [0.15, 0.2) is 5.78 Å². The average molecular weight is 241 g/mol. The van der Waals surface area contributed by atoms with Gasteiger partial charge in [-0.2, -0.15) is 0 Å². The van der Waals surface area contributed by atoms with Gasteiger partial charge in [0.05, 0.1) is 12.2 Å². The Morgan fingerprint density at radius 3 is 2.62 bits per heavy atom. The van der Waals surface area contributed by atoms with E-state index in [0.717, 1.165) is 0 Å². The van der Waals surface area contributed by atoms with Crippen molar-refractivity contribution in [1.29, 1.82) is 0 Å². The van der Waals surface area contributed by atoms with Crippen LogP contribution >= 0.6 is 11.6 Å². The third kappa shape index (κ3) is 3.32. The molecule has 0 unspecified atom stereocenters. The second-order valence-corrected chi connectivity index (χ2v) is 3.54. The van der Waals surface area contributed by atoms with Crippen LogP contribution in [0.1, 0.15) is 16.8 Å². The molecule has 0 aliphatic carbocycles. The van der Waals surface area contributed by atoms with Gasteiger partial charge in [-0.15, -0.1) is 11.6 Å². The molecule has 1 amide bonds. The number of anilines is 1. The number of hydrogen-bond acceptors (Lipinski definition) is 3. The molecule has 0 fully saturated rings. The van der Waals surface area contributed by atoms with Gasteiger partial charge >= 0.3 is 0 Å². The molecule has 16 heavy (non-hydrogen) atoms. The van der Waals surface area contributed by atoms with Crippen LogP contribution in [0, 0.1) is 0 Å². The SMILES string of the molecule is NCC(=O)c1ccccc1NC(=O)CCCl. The lowest BCUT2D eigenvalue weighted by Gasteiger charge is -2.08. The van der Waals surface area contributed by atoms with E-state index in [0.29, 0.717) is 11.3 Å². The number of halogens is 1. The summed E-state index contributed by atoms with van der Waals surface area (Å²) in [4.78, 5) is 22.8. The highest BCUT2D eigenvalue weighted by Crippen LogP contribution is 2.15. The number of alkyl halides is 1. The fourth-order valence-electron chi connectivity index (χ4n) is 1.24. The normalized spacial score (nSPS) is 9.88. The van der Waals surface area contributed by atoms with Crippen molar-refractivity contribution >= 4 is 29.0 Å². The van der Waals surface area contributed by atoms with Gasteiger partial charge in [0, 0.05) is 17.9 Å². The molecule has 1 aromatic carbocycles. The van der Waals surface area contributed by atoms with Gasteiger partial charge in [0.2, 0.25) is 5.91 Å². The third-order valence-corrected chi connectivity index (χ3v) is 2.20. The molecule has 1 aromatic rings. The number of Topliss-reactive ketones (excluding diaryl/α,β-unsaturated/α-hetero) is 1. The Morgan fingerprint density at radius 2 is 2.00 bits per heavy atom. The van der Waals surface area contributed by atoms with Gasteiger partial charge in [-0.25, -0.2) is 0 Å². The molecule has 4 nitrogen and oxygen atoms in total. The molecule has 0 aliphatic heterocycles. The van der Waals surface area contributed by atoms with Crippen LogP contribution in [0.25, 0.3) is 0 Å². The van der Waals surface area contributed by atoms with Crippen molar-refractivity contribution in [2.75, 3.05) is 17.7 Å². The lowest BCUT2D eigenvalue weighted by Crippen LogP contribution is -2.18. The molecule has 86 valence electrons. The molecule has 0 saturated heterocycles. The number of nitrogens with one attached hydrogen (secondary N) is 1. The number of carbonyl (C=O) groups excluding carboxylic acids is 2. The lowest BCUT2D eigenvalue weighted by molar-refractivity contribution is -0.115. The topological polar surface area (TPSA) is 72.2 Å². The Balaban J connectivity index is 2.87. The first-order chi connectivity index (χ1) is 7.69. The number of rotatable bonds is 5. The molecule has 0 bridgehead atoms. The van der Waals surface area contributed by atoms with E-state index in [1.54, 1.807) is 24.3 Å². The maximum Gasteiger partial charge on any atom is 0.225 e. The Bertz CT molecular complexity index is 393. The first kappa shape index (κ1) is 12.7. The van der Waals surface area contributed by atoms with E-state index >= 15 is 0 Å². The van der Waals surface area contributed by atoms with Gasteiger partial charge < -0.3 is 11.1 Å². The summed E-state index contributed by atoms with van der Waals surface area (Å²) in [5.74, 6) is -0.173. The molecule has 0 aliphatic rings. The van der Waals surface area contributed by atoms with E-state index in [-0.39, 0.29) is 30.5 Å². The van der Waals surface area contributed by atoms with Crippen molar-refractivity contribution in [3.63, 3.8) is 0 Å². The van der Waals surface area contributed by atoms with Crippen LogP contribution in [0.3, 0.4) is 0 Å². The molecule has 0 spiro atoms. The fourth-order valence-corrected chi connectivity index (χ4v) is 1.42. The van der Waals surface area contributed by atoms with Gasteiger partial charge in [0.25, 0.3) is 0 Å². The van der Waals surface area contributed by atoms with Gasteiger partial charge in [-0.1, -0.05) is 12.1 Å². The second-order valence-electron chi connectivity index (χ2n) is 3.16. The summed E-state index contributed by atoms with van der Waals surface area (Å²) in [6.07, 6.45) is 0.215. The van der Waals surface area contributed by atoms with Crippen molar-refractivity contribution in [2.24, 2.45) is 5.73 Å². The van der Waals surface area contributed by atoms with Gasteiger partial charge in [0.1, 0.15) is 0 Å². The zero-order valence-corrected chi connectivity index (χ0v) is 9.46. The van der Waals surface area contributed by atoms with Crippen LogP contribution in [0.4, 0.5) is 5.69 Å². The summed E-state index contributed by atoms with van der Waals surface area (Å²) in [5, 5.41) is 2.63. The Morgan fingerprint density at radius 1 is 1.31 bits per heavy atom. The summed E-state index contributed by atoms with van der Waals surface area (Å²) < 4.78 is 0. The number of para-hydroxylation sites is 1. The molecule has 1 rings (SSSR count). The summed E-state index contributed by atoms with van der Waals surface area (Å²) in [5.41, 5.74) is 6.18. The van der Waals surface area contributed by atoms with Crippen LogP contribution in [0.5, 0.6) is 0 Å². The summed E-state index contributed by atoms with van der Waals surface area (Å²) >= 11 is 5.44. The summed E-state index contributed by atoms with van der Waals surface area (Å²) in [6, 6.07) is 6.75. The minimum atomic E-state index is -0.215. The van der Waals surface area contributed by atoms with Crippen molar-refractivity contribution in [3.05, 3.63) is 29.8 Å². The molecule has 0 saturated carbocycles. The van der Waals surface area contributed by atoms with Crippen molar-refractivity contribution in [1.82, 2.24) is 0 Å². The van der Waals surface area contributed by atoms with Crippen LogP contribution in [-0.2, 0) is 4.79 Å². The highest BCUT2D eigenvalue weighted by atomic mass is 35.5. The van der Waals surface area contributed by atoms with Crippen LogP contribution in [-0.4, -0.2) is 24.1 Å². The molecule has 5 heteroatoms. The standard InChI is InChI=1S/C11H13ClN2O2/c12-6-5-11(16)14-9-4-2-1-3-8(9)10(15)7-13/h1-4H,5-7,13H2,(H,14,16). The quantitative estimate of drug-likeness (QED) is 0.604. The lowest BCUT2D eigenvalue weighted by atomic mass is 10.1. The van der Waals surface area contributed by atoms with Crippen LogP contribution < -0.4 is 11.1 Å². The molecular formula is C11H13ClN2O2. The highest BCUT2D eigenvalue weighted by molar-refractivity contribution is 6.19. The maximum absolute atomic E-state index is 11.5. The third-order valence-electron chi connectivity index (χ3n) is 2.01. The summed E-state index contributed by atoms with van der Waals surface area (Å²) in [6.45, 7) is -0.0810. The minimum Gasteiger partial charge on any atom is -0.325 e. The van der Waals surface area contributed by atoms with E-state index in [1.807, 2.05) is 0 Å². The van der Waals surface area contributed by atoms with Crippen molar-refractivity contribution in [3.8, 4) is 0 Å². The summed E-state index contributed by atoms with van der Waals surface area (Å²) in [7, 11) is 0. The van der Waals surface area contributed by atoms with E-state index in [9.17, 15) is 9.59 Å². The molecule has 0 aromatic heterocycles. The van der Waals surface area contributed by atoms with Gasteiger partial charge in [-0.3, -0.25) is 9.59 Å². The van der Waals surface area contributed by atoms with E-state index in [4.69, 9.17) is 17.3 Å². The number of nitrogens with two attached hydrogens (primary N) is 1. The zero-order chi connectivity index (χ0) is 12.0. The van der Waals surface area contributed by atoms with Crippen molar-refractivity contribution < 1.29 is 9.59 Å². The number of amides is 1. The molecule has 3 N–H and O–H groups in total. The van der Waals surface area contributed by atoms with E-state index < -0.39 is 0 Å². The predicted molar refractivity (Wildman–Crippen MR) is 63.8 cm³/mol. The Kier molecular flexibility index (Phi) is 4.95. The Hall–Kier alpha value is -1.39. The molecular weight excluding hydrogens is 228 g/mol. The van der Waals surface area contributed by atoms with E-state index in [1.165, 1.54) is 0 Å². The van der Waals surface area contributed by atoms with Crippen LogP contribution in [0.15, 0.2) is 24.3 Å². The minimum absolute atomic E-state index is 0.0810. The first-order valence-corrected chi connectivity index (χ1v) is 5.40. The monoisotopic (exact) mass is 240 g/mol. The zero-order valence-electron chi connectivity index (χ0n) is 8.70. The number of carbonyl (C=O) groups is 2. The highest BCUT2D eigenvalue weighted by Gasteiger charge is 2.10. The molecule has 0 heterocycles. The maximum atomic E-state index is 11.5. The largest absolute Gasteiger partial charge is 0.325 e. The van der Waals surface area contributed by atoms with Crippen molar-refractivity contribution in [2.45, 2.75) is 6.42 Å². The number of benzene rings is 1. The molecule has 0 atom stereocenters. The molecule has 0 radical (unpaired) electrons. The van der Waals surface area contributed by atoms with Gasteiger partial charge in [-0.05, 0) is 12.1 Å². The first-order valence-electron chi connectivity index (χ1n) is 4.87. The average Bonchev–Trinajstić information content (AvgIpc) is 2.29.